The van der Waals surface area contributed by atoms with Crippen LogP contribution in [0, 0.1) is 11.8 Å². The molecule has 0 aliphatic heterocycles. The first kappa shape index (κ1) is 13.9. The zero-order chi connectivity index (χ0) is 12.2. The molecule has 1 aliphatic rings. The Morgan fingerprint density at radius 1 is 1.19 bits per heavy atom. The summed E-state index contributed by atoms with van der Waals surface area (Å²) in [5.41, 5.74) is -0.490. The number of aliphatic hydroxyl groups excluding tert-OH is 2. The van der Waals surface area contributed by atoms with Crippen molar-refractivity contribution in [2.24, 2.45) is 11.8 Å². The molecule has 1 aliphatic carbocycles. The van der Waals surface area contributed by atoms with Crippen molar-refractivity contribution in [3.05, 3.63) is 0 Å². The van der Waals surface area contributed by atoms with Gasteiger partial charge in [0.2, 0.25) is 0 Å². The lowest BCUT2D eigenvalue weighted by atomic mass is 9.77. The molecule has 3 N–H and O–H groups in total. The van der Waals surface area contributed by atoms with Gasteiger partial charge in [0.1, 0.15) is 0 Å². The number of hydrogen-bond acceptors (Lipinski definition) is 3. The Morgan fingerprint density at radius 3 is 2.31 bits per heavy atom. The van der Waals surface area contributed by atoms with E-state index in [0.29, 0.717) is 12.0 Å². The molecule has 0 heterocycles. The molecule has 3 unspecified atom stereocenters. The molecule has 3 atom stereocenters. The van der Waals surface area contributed by atoms with E-state index in [9.17, 15) is 10.2 Å². The Kier molecular flexibility index (Phi) is 5.22. The third kappa shape index (κ3) is 2.96. The van der Waals surface area contributed by atoms with Crippen molar-refractivity contribution in [2.75, 3.05) is 13.2 Å². The molecule has 0 saturated heterocycles. The number of nitrogens with one attached hydrogen (secondary N) is 1. The lowest BCUT2D eigenvalue weighted by Gasteiger charge is -2.41. The second kappa shape index (κ2) is 5.99. The Hall–Kier alpha value is -0.120. The van der Waals surface area contributed by atoms with E-state index < -0.39 is 5.54 Å². The van der Waals surface area contributed by atoms with Crippen molar-refractivity contribution in [1.82, 2.24) is 5.32 Å². The van der Waals surface area contributed by atoms with Crippen LogP contribution < -0.4 is 5.32 Å². The lowest BCUT2D eigenvalue weighted by Crippen LogP contribution is -2.58. The van der Waals surface area contributed by atoms with Crippen LogP contribution in [0.2, 0.25) is 0 Å². The van der Waals surface area contributed by atoms with E-state index in [1.54, 1.807) is 0 Å². The molecular weight excluding hydrogens is 202 g/mol. The summed E-state index contributed by atoms with van der Waals surface area (Å²) in [4.78, 5) is 0. The van der Waals surface area contributed by atoms with Crippen LogP contribution in [0.15, 0.2) is 0 Å². The molecule has 0 bridgehead atoms. The molecule has 0 amide bonds. The van der Waals surface area contributed by atoms with Gasteiger partial charge in [0.15, 0.2) is 0 Å². The Labute approximate surface area is 99.3 Å². The van der Waals surface area contributed by atoms with Crippen LogP contribution >= 0.6 is 0 Å². The normalized spacial score (nSPS) is 31.7. The third-order valence-electron chi connectivity index (χ3n) is 4.48. The molecule has 1 fully saturated rings. The smallest absolute Gasteiger partial charge is 0.0647 e. The monoisotopic (exact) mass is 229 g/mol. The fourth-order valence-corrected chi connectivity index (χ4v) is 2.65. The molecular formula is C13H27NO2. The molecule has 1 rings (SSSR count). The third-order valence-corrected chi connectivity index (χ3v) is 4.48. The predicted octanol–water partition coefficient (Wildman–Crippen LogP) is 1.53. The summed E-state index contributed by atoms with van der Waals surface area (Å²) >= 11 is 0. The quantitative estimate of drug-likeness (QED) is 0.670. The number of hydrogen-bond donors (Lipinski definition) is 3. The summed E-state index contributed by atoms with van der Waals surface area (Å²) in [6.45, 7) is 6.60. The molecule has 0 spiro atoms. The molecule has 3 heteroatoms. The summed E-state index contributed by atoms with van der Waals surface area (Å²) in [7, 11) is 0. The molecule has 1 saturated carbocycles. The first-order valence-electron chi connectivity index (χ1n) is 6.58. The maximum atomic E-state index is 9.44. The van der Waals surface area contributed by atoms with Gasteiger partial charge in [-0.3, -0.25) is 0 Å². The van der Waals surface area contributed by atoms with Crippen molar-refractivity contribution in [2.45, 2.75) is 58.0 Å². The van der Waals surface area contributed by atoms with E-state index in [0.717, 1.165) is 18.8 Å². The molecule has 3 nitrogen and oxygen atoms in total. The van der Waals surface area contributed by atoms with E-state index in [-0.39, 0.29) is 13.2 Å². The zero-order valence-corrected chi connectivity index (χ0v) is 10.9. The summed E-state index contributed by atoms with van der Waals surface area (Å²) < 4.78 is 0. The molecule has 16 heavy (non-hydrogen) atoms. The van der Waals surface area contributed by atoms with Crippen LogP contribution in [0.5, 0.6) is 0 Å². The van der Waals surface area contributed by atoms with Gasteiger partial charge in [-0.25, -0.2) is 0 Å². The minimum absolute atomic E-state index is 0.0115. The second-order valence-corrected chi connectivity index (χ2v) is 5.47. The van der Waals surface area contributed by atoms with E-state index in [2.05, 4.69) is 19.2 Å². The van der Waals surface area contributed by atoms with Gasteiger partial charge in [-0.05, 0) is 24.7 Å². The van der Waals surface area contributed by atoms with Crippen LogP contribution in [0.3, 0.4) is 0 Å². The van der Waals surface area contributed by atoms with E-state index in [1.807, 2.05) is 6.92 Å². The first-order valence-corrected chi connectivity index (χ1v) is 6.58. The largest absolute Gasteiger partial charge is 0.394 e. The van der Waals surface area contributed by atoms with Crippen LogP contribution in [0.25, 0.3) is 0 Å². The van der Waals surface area contributed by atoms with Gasteiger partial charge < -0.3 is 15.5 Å². The topological polar surface area (TPSA) is 52.5 Å². The van der Waals surface area contributed by atoms with E-state index in [1.165, 1.54) is 12.8 Å². The van der Waals surface area contributed by atoms with Gasteiger partial charge in [0, 0.05) is 6.04 Å². The van der Waals surface area contributed by atoms with Crippen LogP contribution in [-0.4, -0.2) is 35.0 Å². The number of aliphatic hydroxyl groups is 2. The maximum Gasteiger partial charge on any atom is 0.0647 e. The number of rotatable bonds is 5. The Balaban J connectivity index is 2.63. The standard InChI is InChI=1S/C13H27NO2/c1-4-13(8-15,9-16)14-12-7-5-6-10(2)11(12)3/h10-12,14-16H,4-9H2,1-3H3. The molecule has 0 aromatic carbocycles. The highest BCUT2D eigenvalue weighted by Gasteiger charge is 2.34. The van der Waals surface area contributed by atoms with Crippen LogP contribution in [-0.2, 0) is 0 Å². The summed E-state index contributed by atoms with van der Waals surface area (Å²) in [6, 6.07) is 0.433. The molecule has 0 aromatic heterocycles. The molecule has 0 aromatic rings. The highest BCUT2D eigenvalue weighted by Crippen LogP contribution is 2.31. The van der Waals surface area contributed by atoms with Gasteiger partial charge >= 0.3 is 0 Å². The van der Waals surface area contributed by atoms with Gasteiger partial charge in [0.25, 0.3) is 0 Å². The summed E-state index contributed by atoms with van der Waals surface area (Å²) in [5.74, 6) is 1.36. The average molecular weight is 229 g/mol. The van der Waals surface area contributed by atoms with Crippen molar-refractivity contribution in [1.29, 1.82) is 0 Å². The second-order valence-electron chi connectivity index (χ2n) is 5.47. The maximum absolute atomic E-state index is 9.44. The Morgan fingerprint density at radius 2 is 1.81 bits per heavy atom. The van der Waals surface area contributed by atoms with Crippen molar-refractivity contribution in [3.8, 4) is 0 Å². The van der Waals surface area contributed by atoms with E-state index in [4.69, 9.17) is 0 Å². The lowest BCUT2D eigenvalue weighted by molar-refractivity contribution is 0.0563. The fraction of sp³-hybridized carbons (Fsp3) is 1.00. The highest BCUT2D eigenvalue weighted by molar-refractivity contribution is 4.92. The van der Waals surface area contributed by atoms with E-state index >= 15 is 0 Å². The van der Waals surface area contributed by atoms with Gasteiger partial charge in [-0.15, -0.1) is 0 Å². The van der Waals surface area contributed by atoms with Crippen molar-refractivity contribution in [3.63, 3.8) is 0 Å². The fourth-order valence-electron chi connectivity index (χ4n) is 2.65. The van der Waals surface area contributed by atoms with Crippen molar-refractivity contribution < 1.29 is 10.2 Å². The van der Waals surface area contributed by atoms with Gasteiger partial charge in [0.05, 0.1) is 18.8 Å². The van der Waals surface area contributed by atoms with Crippen LogP contribution in [0.1, 0.15) is 46.5 Å². The summed E-state index contributed by atoms with van der Waals surface area (Å²) in [6.07, 6.45) is 4.47. The summed E-state index contributed by atoms with van der Waals surface area (Å²) in [5, 5.41) is 22.4. The molecule has 0 radical (unpaired) electrons. The highest BCUT2D eigenvalue weighted by atomic mass is 16.3. The van der Waals surface area contributed by atoms with Gasteiger partial charge in [-0.2, -0.15) is 0 Å². The predicted molar refractivity (Wildman–Crippen MR) is 66.3 cm³/mol. The first-order chi connectivity index (χ1) is 7.58. The minimum Gasteiger partial charge on any atom is -0.394 e. The minimum atomic E-state index is -0.490. The SMILES string of the molecule is CCC(CO)(CO)NC1CCCC(C)C1C. The Bertz CT molecular complexity index is 196. The average Bonchev–Trinajstić information content (AvgIpc) is 2.32. The van der Waals surface area contributed by atoms with Crippen molar-refractivity contribution >= 4 is 0 Å². The zero-order valence-electron chi connectivity index (χ0n) is 10.9. The van der Waals surface area contributed by atoms with Gasteiger partial charge in [-0.1, -0.05) is 33.6 Å². The molecule has 96 valence electrons. The van der Waals surface area contributed by atoms with Crippen LogP contribution in [0.4, 0.5) is 0 Å².